The molecule has 2 heteroatoms. The van der Waals surface area contributed by atoms with Gasteiger partial charge in [0.05, 0.1) is 0 Å². The van der Waals surface area contributed by atoms with E-state index in [1.807, 2.05) is 13.8 Å². The van der Waals surface area contributed by atoms with E-state index in [1.54, 1.807) is 6.92 Å². The third-order valence-corrected chi connectivity index (χ3v) is 3.08. The summed E-state index contributed by atoms with van der Waals surface area (Å²) < 4.78 is 0. The molecule has 0 aliphatic carbocycles. The Kier molecular flexibility index (Phi) is 4.11. The van der Waals surface area contributed by atoms with Crippen molar-refractivity contribution in [1.82, 2.24) is 0 Å². The average Bonchev–Trinajstić information content (AvgIpc) is 2.21. The normalized spacial score (nSPS) is 12.1. The Morgan fingerprint density at radius 3 is 1.88 bits per heavy atom. The SMILES string of the molecule is CC(=O)C(C)=C(C)Nc1c(C)cc(C)cc1C. The average molecular weight is 231 g/mol. The van der Waals surface area contributed by atoms with E-state index in [4.69, 9.17) is 0 Å². The number of hydrogen-bond donors (Lipinski definition) is 1. The van der Waals surface area contributed by atoms with Crippen molar-refractivity contribution in [3.05, 3.63) is 40.1 Å². The number of rotatable bonds is 3. The van der Waals surface area contributed by atoms with Crippen molar-refractivity contribution in [2.24, 2.45) is 0 Å². The van der Waals surface area contributed by atoms with Crippen molar-refractivity contribution in [3.63, 3.8) is 0 Å². The molecule has 0 bridgehead atoms. The molecule has 0 saturated heterocycles. The van der Waals surface area contributed by atoms with Crippen LogP contribution in [0, 0.1) is 20.8 Å². The number of ketones is 1. The molecule has 92 valence electrons. The minimum atomic E-state index is 0.109. The fraction of sp³-hybridized carbons (Fsp3) is 0.400. The van der Waals surface area contributed by atoms with Gasteiger partial charge in [0.2, 0.25) is 0 Å². The second-order valence-corrected chi connectivity index (χ2v) is 4.70. The Hall–Kier alpha value is -1.57. The number of allylic oxidation sites excluding steroid dienone is 2. The van der Waals surface area contributed by atoms with Gasteiger partial charge in [0.25, 0.3) is 0 Å². The Morgan fingerprint density at radius 1 is 1.00 bits per heavy atom. The number of aryl methyl sites for hydroxylation is 3. The first kappa shape index (κ1) is 13.5. The van der Waals surface area contributed by atoms with Crippen LogP contribution in [0.15, 0.2) is 23.4 Å². The molecule has 17 heavy (non-hydrogen) atoms. The van der Waals surface area contributed by atoms with Crippen molar-refractivity contribution in [2.75, 3.05) is 5.32 Å². The van der Waals surface area contributed by atoms with Crippen LogP contribution in [0.1, 0.15) is 37.5 Å². The highest BCUT2D eigenvalue weighted by molar-refractivity contribution is 5.93. The van der Waals surface area contributed by atoms with E-state index < -0.39 is 0 Å². The zero-order valence-electron chi connectivity index (χ0n) is 11.6. The van der Waals surface area contributed by atoms with E-state index >= 15 is 0 Å². The molecule has 0 spiro atoms. The first-order chi connectivity index (χ1) is 7.82. The molecule has 0 aliphatic heterocycles. The predicted molar refractivity (Wildman–Crippen MR) is 73.3 cm³/mol. The van der Waals surface area contributed by atoms with E-state index in [0.717, 1.165) is 17.0 Å². The van der Waals surface area contributed by atoms with Crippen LogP contribution in [0.25, 0.3) is 0 Å². The van der Waals surface area contributed by atoms with Gasteiger partial charge < -0.3 is 5.32 Å². The summed E-state index contributed by atoms with van der Waals surface area (Å²) in [5.74, 6) is 0.109. The molecule has 0 fully saturated rings. The fourth-order valence-corrected chi connectivity index (χ4v) is 1.92. The number of anilines is 1. The van der Waals surface area contributed by atoms with Crippen LogP contribution in [-0.2, 0) is 4.79 Å². The maximum absolute atomic E-state index is 11.3. The highest BCUT2D eigenvalue weighted by Crippen LogP contribution is 2.24. The lowest BCUT2D eigenvalue weighted by Crippen LogP contribution is -2.06. The van der Waals surface area contributed by atoms with Crippen LogP contribution in [0.4, 0.5) is 5.69 Å². The van der Waals surface area contributed by atoms with Gasteiger partial charge in [-0.2, -0.15) is 0 Å². The Balaban J connectivity index is 3.13. The molecular formula is C15H21NO. The van der Waals surface area contributed by atoms with Gasteiger partial charge in [-0.25, -0.2) is 0 Å². The number of carbonyl (C=O) groups excluding carboxylic acids is 1. The van der Waals surface area contributed by atoms with Crippen molar-refractivity contribution in [3.8, 4) is 0 Å². The molecule has 0 radical (unpaired) electrons. The van der Waals surface area contributed by atoms with Crippen LogP contribution in [0.2, 0.25) is 0 Å². The van der Waals surface area contributed by atoms with Crippen LogP contribution in [0.3, 0.4) is 0 Å². The third kappa shape index (κ3) is 3.19. The second-order valence-electron chi connectivity index (χ2n) is 4.70. The molecule has 0 amide bonds. The van der Waals surface area contributed by atoms with Crippen LogP contribution in [-0.4, -0.2) is 5.78 Å². The molecule has 1 aromatic carbocycles. The molecule has 0 atom stereocenters. The first-order valence-corrected chi connectivity index (χ1v) is 5.86. The molecule has 1 rings (SSSR count). The third-order valence-electron chi connectivity index (χ3n) is 3.08. The van der Waals surface area contributed by atoms with Crippen molar-refractivity contribution in [2.45, 2.75) is 41.5 Å². The molecule has 1 N–H and O–H groups in total. The van der Waals surface area contributed by atoms with E-state index in [2.05, 4.69) is 38.2 Å². The number of carbonyl (C=O) groups is 1. The van der Waals surface area contributed by atoms with Crippen LogP contribution >= 0.6 is 0 Å². The Morgan fingerprint density at radius 2 is 1.47 bits per heavy atom. The molecule has 0 heterocycles. The number of benzene rings is 1. The van der Waals surface area contributed by atoms with Gasteiger partial charge in [-0.1, -0.05) is 17.7 Å². The highest BCUT2D eigenvalue weighted by Gasteiger charge is 2.07. The molecule has 1 aromatic rings. The van der Waals surface area contributed by atoms with Crippen LogP contribution < -0.4 is 5.32 Å². The monoisotopic (exact) mass is 231 g/mol. The van der Waals surface area contributed by atoms with Gasteiger partial charge in [0.1, 0.15) is 0 Å². The summed E-state index contributed by atoms with van der Waals surface area (Å²) in [6.45, 7) is 11.6. The molecule has 0 aromatic heterocycles. The summed E-state index contributed by atoms with van der Waals surface area (Å²) in [5.41, 5.74) is 6.48. The minimum Gasteiger partial charge on any atom is -0.358 e. The summed E-state index contributed by atoms with van der Waals surface area (Å²) in [7, 11) is 0. The van der Waals surface area contributed by atoms with Crippen LogP contribution in [0.5, 0.6) is 0 Å². The highest BCUT2D eigenvalue weighted by atomic mass is 16.1. The molecule has 2 nitrogen and oxygen atoms in total. The molecular weight excluding hydrogens is 210 g/mol. The molecule has 0 saturated carbocycles. The standard InChI is InChI=1S/C15H21NO/c1-9-7-10(2)15(11(3)8-9)16-13(5)12(4)14(6)17/h7-8,16H,1-6H3. The summed E-state index contributed by atoms with van der Waals surface area (Å²) in [4.78, 5) is 11.3. The first-order valence-electron chi connectivity index (χ1n) is 5.86. The smallest absolute Gasteiger partial charge is 0.157 e. The van der Waals surface area contributed by atoms with Gasteiger partial charge in [-0.05, 0) is 52.7 Å². The summed E-state index contributed by atoms with van der Waals surface area (Å²) in [6, 6.07) is 4.29. The fourth-order valence-electron chi connectivity index (χ4n) is 1.92. The van der Waals surface area contributed by atoms with E-state index in [-0.39, 0.29) is 5.78 Å². The van der Waals surface area contributed by atoms with Gasteiger partial charge >= 0.3 is 0 Å². The van der Waals surface area contributed by atoms with E-state index in [1.165, 1.54) is 16.7 Å². The zero-order chi connectivity index (χ0) is 13.2. The van der Waals surface area contributed by atoms with Crippen molar-refractivity contribution in [1.29, 1.82) is 0 Å². The van der Waals surface area contributed by atoms with E-state index in [0.29, 0.717) is 0 Å². The van der Waals surface area contributed by atoms with Crippen molar-refractivity contribution >= 4 is 11.5 Å². The minimum absolute atomic E-state index is 0.109. The lowest BCUT2D eigenvalue weighted by atomic mass is 10.0. The number of nitrogens with one attached hydrogen (secondary N) is 1. The van der Waals surface area contributed by atoms with Crippen molar-refractivity contribution < 1.29 is 4.79 Å². The Bertz CT molecular complexity index is 461. The maximum atomic E-state index is 11.3. The largest absolute Gasteiger partial charge is 0.358 e. The number of hydrogen-bond acceptors (Lipinski definition) is 2. The lowest BCUT2D eigenvalue weighted by molar-refractivity contribution is -0.113. The zero-order valence-corrected chi connectivity index (χ0v) is 11.6. The molecule has 0 unspecified atom stereocenters. The Labute approximate surface area is 104 Å². The predicted octanol–water partition coefficient (Wildman–Crippen LogP) is 3.91. The summed E-state index contributed by atoms with van der Waals surface area (Å²) in [5, 5.41) is 3.35. The van der Waals surface area contributed by atoms with Gasteiger partial charge in [0.15, 0.2) is 5.78 Å². The number of Topliss-reactive ketones (excluding diaryl/α,β-unsaturated/α-hetero) is 1. The second kappa shape index (κ2) is 5.17. The summed E-state index contributed by atoms with van der Waals surface area (Å²) >= 11 is 0. The quantitative estimate of drug-likeness (QED) is 0.799. The van der Waals surface area contributed by atoms with Gasteiger partial charge in [-0.3, -0.25) is 4.79 Å². The molecule has 0 aliphatic rings. The lowest BCUT2D eigenvalue weighted by Gasteiger charge is -2.15. The maximum Gasteiger partial charge on any atom is 0.157 e. The van der Waals surface area contributed by atoms with Gasteiger partial charge in [0, 0.05) is 17.0 Å². The summed E-state index contributed by atoms with van der Waals surface area (Å²) in [6.07, 6.45) is 0. The van der Waals surface area contributed by atoms with Gasteiger partial charge in [-0.15, -0.1) is 0 Å². The van der Waals surface area contributed by atoms with E-state index in [9.17, 15) is 4.79 Å². The topological polar surface area (TPSA) is 29.1 Å².